The Balaban J connectivity index is 1.78. The van der Waals surface area contributed by atoms with Crippen molar-refractivity contribution in [1.29, 1.82) is 0 Å². The minimum Gasteiger partial charge on any atom is -0.458 e. The number of aromatic nitrogens is 2. The topological polar surface area (TPSA) is 64.3 Å². The Morgan fingerprint density at radius 2 is 1.76 bits per heavy atom. The summed E-state index contributed by atoms with van der Waals surface area (Å²) in [6.45, 7) is 6.25. The molecule has 1 aliphatic heterocycles. The van der Waals surface area contributed by atoms with Gasteiger partial charge in [-0.3, -0.25) is 4.79 Å². The summed E-state index contributed by atoms with van der Waals surface area (Å²) in [5.41, 5.74) is 3.52. The van der Waals surface area contributed by atoms with Crippen molar-refractivity contribution in [2.45, 2.75) is 38.5 Å². The average Bonchev–Trinajstić information content (AvgIpc) is 3.14. The molecule has 2 atom stereocenters. The van der Waals surface area contributed by atoms with E-state index in [0.29, 0.717) is 30.0 Å². The Labute approximate surface area is 190 Å². The molecule has 2 aromatic carbocycles. The first-order valence-corrected chi connectivity index (χ1v) is 10.6. The molecule has 0 radical (unpaired) electrons. The van der Waals surface area contributed by atoms with Crippen molar-refractivity contribution in [2.24, 2.45) is 0 Å². The fraction of sp³-hybridized carbons (Fsp3) is 0.231. The lowest BCUT2D eigenvalue weighted by atomic mass is 10.0. The Hall–Kier alpha value is -3.58. The van der Waals surface area contributed by atoms with Crippen LogP contribution in [0.15, 0.2) is 67.3 Å². The Kier molecular flexibility index (Phi) is 6.51. The van der Waals surface area contributed by atoms with Gasteiger partial charge >= 0.3 is 5.97 Å². The number of imidazole rings is 1. The third kappa shape index (κ3) is 5.09. The predicted molar refractivity (Wildman–Crippen MR) is 122 cm³/mol. The highest BCUT2D eigenvalue weighted by atomic mass is 19.1. The van der Waals surface area contributed by atoms with Crippen molar-refractivity contribution >= 4 is 11.5 Å². The minimum absolute atomic E-state index is 0.00140. The summed E-state index contributed by atoms with van der Waals surface area (Å²) in [5.74, 6) is -0.516. The molecule has 7 heteroatoms. The molecule has 0 aliphatic carbocycles. The molecule has 4 rings (SSSR count). The average molecular weight is 450 g/mol. The number of ether oxygens (including phenoxy) is 1. The Morgan fingerprint density at radius 3 is 2.33 bits per heavy atom. The van der Waals surface area contributed by atoms with E-state index in [2.05, 4.69) is 6.58 Å². The van der Waals surface area contributed by atoms with E-state index in [1.165, 1.54) is 24.3 Å². The van der Waals surface area contributed by atoms with Crippen LogP contribution in [0.25, 0.3) is 28.1 Å². The van der Waals surface area contributed by atoms with Crippen molar-refractivity contribution in [1.82, 2.24) is 9.55 Å². The Morgan fingerprint density at radius 1 is 1.15 bits per heavy atom. The SMILES string of the molecule is C=C(C)c1nc(-c2ccc(F)cc2)c(-c2ccc(F)cc2)n1C/C=C/C1CC(O)CC(=O)O1. The van der Waals surface area contributed by atoms with Gasteiger partial charge in [-0.2, -0.15) is 0 Å². The fourth-order valence-electron chi connectivity index (χ4n) is 3.91. The van der Waals surface area contributed by atoms with Gasteiger partial charge in [-0.25, -0.2) is 13.8 Å². The summed E-state index contributed by atoms with van der Waals surface area (Å²) in [5, 5.41) is 9.83. The maximum absolute atomic E-state index is 13.6. The molecule has 0 spiro atoms. The lowest BCUT2D eigenvalue weighted by Crippen LogP contribution is -2.31. The normalized spacial score (nSPS) is 18.5. The number of hydrogen-bond acceptors (Lipinski definition) is 4. The maximum atomic E-state index is 13.6. The molecule has 1 aliphatic rings. The molecule has 2 heterocycles. The van der Waals surface area contributed by atoms with Crippen molar-refractivity contribution in [3.8, 4) is 22.5 Å². The van der Waals surface area contributed by atoms with Crippen LogP contribution in [0.4, 0.5) is 8.78 Å². The zero-order valence-electron chi connectivity index (χ0n) is 18.2. The molecule has 1 saturated heterocycles. The van der Waals surface area contributed by atoms with E-state index >= 15 is 0 Å². The molecule has 0 bridgehead atoms. The largest absolute Gasteiger partial charge is 0.458 e. The highest BCUT2D eigenvalue weighted by molar-refractivity contribution is 5.81. The van der Waals surface area contributed by atoms with Gasteiger partial charge in [0, 0.05) is 24.1 Å². The van der Waals surface area contributed by atoms with Crippen LogP contribution in [0.3, 0.4) is 0 Å². The molecule has 1 N–H and O–H groups in total. The summed E-state index contributed by atoms with van der Waals surface area (Å²) in [4.78, 5) is 16.4. The van der Waals surface area contributed by atoms with E-state index in [9.17, 15) is 18.7 Å². The Bertz CT molecular complexity index is 1200. The number of rotatable bonds is 6. The van der Waals surface area contributed by atoms with Crippen molar-refractivity contribution in [3.05, 3.63) is 84.7 Å². The molecule has 0 saturated carbocycles. The molecular formula is C26H24F2N2O3. The first-order chi connectivity index (χ1) is 15.8. The number of aliphatic hydroxyl groups excluding tert-OH is 1. The van der Waals surface area contributed by atoms with Crippen LogP contribution in [0, 0.1) is 11.6 Å². The van der Waals surface area contributed by atoms with Crippen LogP contribution in [0.1, 0.15) is 25.6 Å². The molecule has 5 nitrogen and oxygen atoms in total. The van der Waals surface area contributed by atoms with E-state index in [0.717, 1.165) is 16.8 Å². The second kappa shape index (κ2) is 9.50. The number of allylic oxidation sites excluding steroid dienone is 2. The van der Waals surface area contributed by atoms with Gasteiger partial charge in [-0.05, 0) is 67.1 Å². The number of esters is 1. The van der Waals surface area contributed by atoms with Gasteiger partial charge in [0.25, 0.3) is 0 Å². The smallest absolute Gasteiger partial charge is 0.309 e. The van der Waals surface area contributed by atoms with Crippen LogP contribution < -0.4 is 0 Å². The fourth-order valence-corrected chi connectivity index (χ4v) is 3.91. The summed E-state index contributed by atoms with van der Waals surface area (Å²) in [6, 6.07) is 12.1. The lowest BCUT2D eigenvalue weighted by molar-refractivity contribution is -0.156. The molecule has 2 unspecified atom stereocenters. The number of carbonyl (C=O) groups is 1. The molecule has 0 amide bonds. The van der Waals surface area contributed by atoms with Crippen molar-refractivity contribution < 1.29 is 23.4 Å². The quantitative estimate of drug-likeness (QED) is 0.417. The van der Waals surface area contributed by atoms with E-state index < -0.39 is 18.2 Å². The minimum atomic E-state index is -0.722. The number of nitrogens with zero attached hydrogens (tertiary/aromatic N) is 2. The summed E-state index contributed by atoms with van der Waals surface area (Å²) in [7, 11) is 0. The van der Waals surface area contributed by atoms with E-state index in [1.807, 2.05) is 17.6 Å². The molecular weight excluding hydrogens is 426 g/mol. The number of cyclic esters (lactones) is 1. The number of carbonyl (C=O) groups excluding carboxylic acids is 1. The molecule has 1 fully saturated rings. The van der Waals surface area contributed by atoms with E-state index in [-0.39, 0.29) is 18.1 Å². The number of halogens is 2. The van der Waals surface area contributed by atoms with Gasteiger partial charge in [-0.15, -0.1) is 0 Å². The van der Waals surface area contributed by atoms with Crippen LogP contribution in [0.5, 0.6) is 0 Å². The van der Waals surface area contributed by atoms with Crippen molar-refractivity contribution in [3.63, 3.8) is 0 Å². The van der Waals surface area contributed by atoms with Gasteiger partial charge < -0.3 is 14.4 Å². The zero-order valence-corrected chi connectivity index (χ0v) is 18.2. The van der Waals surface area contributed by atoms with Crippen molar-refractivity contribution in [2.75, 3.05) is 0 Å². The van der Waals surface area contributed by atoms with Crippen LogP contribution in [-0.2, 0) is 16.1 Å². The van der Waals surface area contributed by atoms with Gasteiger partial charge in [0.1, 0.15) is 23.6 Å². The molecule has 3 aromatic rings. The third-order valence-electron chi connectivity index (χ3n) is 5.41. The summed E-state index contributed by atoms with van der Waals surface area (Å²) in [6.07, 6.45) is 2.69. The second-order valence-electron chi connectivity index (χ2n) is 8.09. The molecule has 170 valence electrons. The summed E-state index contributed by atoms with van der Waals surface area (Å²) < 4.78 is 34.4. The first kappa shape index (κ1) is 22.6. The molecule has 33 heavy (non-hydrogen) atoms. The summed E-state index contributed by atoms with van der Waals surface area (Å²) >= 11 is 0. The standard InChI is InChI=1S/C26H24F2N2O3/c1-16(2)26-29-24(17-5-9-19(27)10-6-17)25(18-7-11-20(28)12-8-18)30(26)13-3-4-22-14-21(31)15-23(32)33-22/h3-12,21-22,31H,1,13-15H2,2H3/b4-3+. The first-order valence-electron chi connectivity index (χ1n) is 10.6. The number of hydrogen-bond donors (Lipinski definition) is 1. The lowest BCUT2D eigenvalue weighted by Gasteiger charge is -2.23. The van der Waals surface area contributed by atoms with Gasteiger partial charge in [0.2, 0.25) is 0 Å². The van der Waals surface area contributed by atoms with Gasteiger partial charge in [-0.1, -0.05) is 12.7 Å². The monoisotopic (exact) mass is 450 g/mol. The molecule has 1 aromatic heterocycles. The third-order valence-corrected chi connectivity index (χ3v) is 5.41. The number of benzene rings is 2. The van der Waals surface area contributed by atoms with Crippen LogP contribution >= 0.6 is 0 Å². The van der Waals surface area contributed by atoms with Crippen LogP contribution in [-0.4, -0.2) is 32.8 Å². The zero-order chi connectivity index (χ0) is 23.5. The highest BCUT2D eigenvalue weighted by Gasteiger charge is 2.25. The second-order valence-corrected chi connectivity index (χ2v) is 8.09. The number of aliphatic hydroxyl groups is 1. The van der Waals surface area contributed by atoms with Gasteiger partial charge in [0.15, 0.2) is 0 Å². The predicted octanol–water partition coefficient (Wildman–Crippen LogP) is 5.15. The van der Waals surface area contributed by atoms with Crippen LogP contribution in [0.2, 0.25) is 0 Å². The van der Waals surface area contributed by atoms with E-state index in [1.54, 1.807) is 30.3 Å². The highest BCUT2D eigenvalue weighted by Crippen LogP contribution is 2.35. The van der Waals surface area contributed by atoms with E-state index in [4.69, 9.17) is 9.72 Å². The maximum Gasteiger partial charge on any atom is 0.309 e. The van der Waals surface area contributed by atoms with Gasteiger partial charge in [0.05, 0.1) is 23.9 Å².